The van der Waals surface area contributed by atoms with Crippen molar-refractivity contribution in [2.75, 3.05) is 19.0 Å². The van der Waals surface area contributed by atoms with E-state index in [1.54, 1.807) is 49.6 Å². The van der Waals surface area contributed by atoms with Gasteiger partial charge in [-0.1, -0.05) is 38.1 Å². The fourth-order valence-corrected chi connectivity index (χ4v) is 3.38. The fraction of sp³-hybridized carbons (Fsp3) is 0.222. The van der Waals surface area contributed by atoms with E-state index in [1.165, 1.54) is 10.7 Å². The maximum absolute atomic E-state index is 14.6. The van der Waals surface area contributed by atoms with Crippen molar-refractivity contribution in [2.24, 2.45) is 5.92 Å². The molecule has 1 amide bonds. The summed E-state index contributed by atoms with van der Waals surface area (Å²) in [6.07, 6.45) is 0.651. The molecule has 0 saturated carbocycles. The van der Waals surface area contributed by atoms with Gasteiger partial charge in [-0.2, -0.15) is 4.98 Å². The minimum Gasteiger partial charge on any atom is -0.497 e. The van der Waals surface area contributed by atoms with Gasteiger partial charge in [0.25, 0.3) is 0 Å². The Morgan fingerprint density at radius 3 is 2.40 bits per heavy atom. The van der Waals surface area contributed by atoms with Gasteiger partial charge in [0.15, 0.2) is 5.82 Å². The maximum Gasteiger partial charge on any atom is 0.336 e. The number of methoxy groups -OCH3 is 1. The van der Waals surface area contributed by atoms with Gasteiger partial charge >= 0.3 is 6.01 Å². The second-order valence-corrected chi connectivity index (χ2v) is 8.25. The Balaban J connectivity index is 1.57. The van der Waals surface area contributed by atoms with Crippen LogP contribution in [0, 0.1) is 11.7 Å². The number of aromatic nitrogens is 3. The number of benzene rings is 3. The molecule has 0 unspecified atom stereocenters. The van der Waals surface area contributed by atoms with E-state index in [0.717, 1.165) is 11.3 Å². The van der Waals surface area contributed by atoms with Crippen molar-refractivity contribution >= 4 is 11.6 Å². The molecule has 180 valence electrons. The molecule has 1 N–H and O–H groups in total. The summed E-state index contributed by atoms with van der Waals surface area (Å²) in [5.74, 6) is 0.501. The van der Waals surface area contributed by atoms with Gasteiger partial charge < -0.3 is 14.8 Å². The topological polar surface area (TPSA) is 78.3 Å². The predicted molar refractivity (Wildman–Crippen MR) is 132 cm³/mol. The van der Waals surface area contributed by atoms with E-state index in [9.17, 15) is 9.18 Å². The van der Waals surface area contributed by atoms with Crippen LogP contribution < -0.4 is 14.8 Å². The lowest BCUT2D eigenvalue weighted by atomic mass is 10.1. The van der Waals surface area contributed by atoms with E-state index in [2.05, 4.69) is 15.4 Å². The van der Waals surface area contributed by atoms with E-state index in [1.807, 2.05) is 38.1 Å². The summed E-state index contributed by atoms with van der Waals surface area (Å²) in [5.41, 5.74) is 2.71. The van der Waals surface area contributed by atoms with Crippen molar-refractivity contribution in [3.05, 3.63) is 84.2 Å². The van der Waals surface area contributed by atoms with Crippen LogP contribution in [0.15, 0.2) is 72.8 Å². The molecule has 0 bridgehead atoms. The Morgan fingerprint density at radius 2 is 1.74 bits per heavy atom. The second-order valence-electron chi connectivity index (χ2n) is 8.25. The summed E-state index contributed by atoms with van der Waals surface area (Å²) >= 11 is 0. The average Bonchev–Trinajstić information content (AvgIpc) is 3.29. The Morgan fingerprint density at radius 1 is 1.03 bits per heavy atom. The lowest BCUT2D eigenvalue weighted by Crippen LogP contribution is -2.17. The first-order valence-corrected chi connectivity index (χ1v) is 11.3. The van der Waals surface area contributed by atoms with Crippen molar-refractivity contribution in [1.82, 2.24) is 14.8 Å². The van der Waals surface area contributed by atoms with Crippen molar-refractivity contribution in [3.63, 3.8) is 0 Å². The molecule has 0 radical (unpaired) electrons. The third kappa shape index (κ3) is 5.84. The van der Waals surface area contributed by atoms with Gasteiger partial charge in [-0.05, 0) is 54.1 Å². The molecule has 0 saturated heterocycles. The van der Waals surface area contributed by atoms with E-state index in [-0.39, 0.29) is 17.8 Å². The molecule has 4 rings (SSSR count). The fourth-order valence-electron chi connectivity index (χ4n) is 3.38. The smallest absolute Gasteiger partial charge is 0.336 e. The summed E-state index contributed by atoms with van der Waals surface area (Å²) in [5, 5.41) is 7.34. The van der Waals surface area contributed by atoms with E-state index >= 15 is 0 Å². The monoisotopic (exact) mass is 474 g/mol. The van der Waals surface area contributed by atoms with Crippen LogP contribution in [0.5, 0.6) is 11.8 Å². The zero-order valence-corrected chi connectivity index (χ0v) is 19.9. The van der Waals surface area contributed by atoms with Gasteiger partial charge in [0.05, 0.1) is 25.0 Å². The number of carbonyl (C=O) groups is 1. The molecule has 0 spiro atoms. The van der Waals surface area contributed by atoms with Gasteiger partial charge in [-0.3, -0.25) is 4.79 Å². The highest BCUT2D eigenvalue weighted by atomic mass is 19.1. The summed E-state index contributed by atoms with van der Waals surface area (Å²) in [6.45, 7) is 4.01. The Kier molecular flexibility index (Phi) is 7.40. The maximum atomic E-state index is 14.6. The number of rotatable bonds is 9. The molecule has 1 aromatic heterocycles. The molecule has 0 aliphatic rings. The first-order chi connectivity index (χ1) is 16.9. The van der Waals surface area contributed by atoms with E-state index < -0.39 is 5.82 Å². The lowest BCUT2D eigenvalue weighted by Gasteiger charge is -2.10. The number of ether oxygens (including phenoxy) is 2. The summed E-state index contributed by atoms with van der Waals surface area (Å²) in [6, 6.07) is 21.4. The highest BCUT2D eigenvalue weighted by molar-refractivity contribution is 5.92. The number of carbonyl (C=O) groups excluding carboxylic acids is 1. The number of hydrogen-bond acceptors (Lipinski definition) is 5. The highest BCUT2D eigenvalue weighted by Crippen LogP contribution is 2.26. The SMILES string of the molecule is COc1ccc(CCOc2nc(-c3ccccc3F)n(-c3ccc(NC(=O)C(C)C)cc3)n2)cc1. The van der Waals surface area contributed by atoms with Gasteiger partial charge in [-0.25, -0.2) is 9.07 Å². The van der Waals surface area contributed by atoms with Gasteiger partial charge in [0, 0.05) is 18.0 Å². The third-order valence-electron chi connectivity index (χ3n) is 5.39. The number of amides is 1. The first-order valence-electron chi connectivity index (χ1n) is 11.3. The molecule has 7 nitrogen and oxygen atoms in total. The van der Waals surface area contributed by atoms with Gasteiger partial charge in [-0.15, -0.1) is 5.10 Å². The lowest BCUT2D eigenvalue weighted by molar-refractivity contribution is -0.118. The van der Waals surface area contributed by atoms with Gasteiger partial charge in [0.1, 0.15) is 11.6 Å². The standard InChI is InChI=1S/C27H27FN4O3/c1-18(2)26(33)29-20-10-12-21(13-11-20)32-25(23-6-4-5-7-24(23)28)30-27(31-32)35-17-16-19-8-14-22(34-3)15-9-19/h4-15,18H,16-17H2,1-3H3,(H,29,33). The zero-order valence-electron chi connectivity index (χ0n) is 19.9. The van der Waals surface area contributed by atoms with Crippen LogP contribution in [0.2, 0.25) is 0 Å². The third-order valence-corrected chi connectivity index (χ3v) is 5.39. The van der Waals surface area contributed by atoms with E-state index in [4.69, 9.17) is 9.47 Å². The molecule has 3 aromatic carbocycles. The molecule has 8 heteroatoms. The van der Waals surface area contributed by atoms with Crippen molar-refractivity contribution in [1.29, 1.82) is 0 Å². The predicted octanol–water partition coefficient (Wildman–Crippen LogP) is 5.30. The Bertz CT molecular complexity index is 1280. The molecule has 0 aliphatic carbocycles. The van der Waals surface area contributed by atoms with Crippen LogP contribution in [0.4, 0.5) is 10.1 Å². The molecular weight excluding hydrogens is 447 g/mol. The summed E-state index contributed by atoms with van der Waals surface area (Å²) < 4.78 is 27.2. The zero-order chi connectivity index (χ0) is 24.8. The number of halogens is 1. The summed E-state index contributed by atoms with van der Waals surface area (Å²) in [7, 11) is 1.63. The molecule has 4 aromatic rings. The second kappa shape index (κ2) is 10.8. The number of anilines is 1. The highest BCUT2D eigenvalue weighted by Gasteiger charge is 2.18. The first kappa shape index (κ1) is 23.9. The molecule has 1 heterocycles. The average molecular weight is 475 g/mol. The van der Waals surface area contributed by atoms with Crippen molar-refractivity contribution in [2.45, 2.75) is 20.3 Å². The van der Waals surface area contributed by atoms with Crippen LogP contribution in [0.25, 0.3) is 17.1 Å². The van der Waals surface area contributed by atoms with Gasteiger partial charge in [0.2, 0.25) is 5.91 Å². The normalized spacial score (nSPS) is 10.9. The van der Waals surface area contributed by atoms with Crippen LogP contribution in [-0.2, 0) is 11.2 Å². The Hall–Kier alpha value is -4.20. The van der Waals surface area contributed by atoms with Crippen molar-refractivity contribution < 1.29 is 18.7 Å². The quantitative estimate of drug-likeness (QED) is 0.356. The van der Waals surface area contributed by atoms with Crippen molar-refractivity contribution in [3.8, 4) is 28.8 Å². The largest absolute Gasteiger partial charge is 0.497 e. The van der Waals surface area contributed by atoms with Crippen LogP contribution in [0.1, 0.15) is 19.4 Å². The molecule has 0 fully saturated rings. The summed E-state index contributed by atoms with van der Waals surface area (Å²) in [4.78, 5) is 16.4. The molecule has 0 atom stereocenters. The molecular formula is C27H27FN4O3. The van der Waals surface area contributed by atoms with Crippen LogP contribution in [-0.4, -0.2) is 34.4 Å². The minimum absolute atomic E-state index is 0.0712. The van der Waals surface area contributed by atoms with Crippen LogP contribution >= 0.6 is 0 Å². The number of hydrogen-bond donors (Lipinski definition) is 1. The Labute approximate surface area is 203 Å². The minimum atomic E-state index is -0.410. The molecule has 35 heavy (non-hydrogen) atoms. The van der Waals surface area contributed by atoms with E-state index in [0.29, 0.717) is 35.8 Å². The molecule has 0 aliphatic heterocycles. The number of nitrogens with one attached hydrogen (secondary N) is 1. The number of nitrogens with zero attached hydrogens (tertiary/aromatic N) is 3. The van der Waals surface area contributed by atoms with Crippen LogP contribution in [0.3, 0.4) is 0 Å².